The highest BCUT2D eigenvalue weighted by Gasteiger charge is 2.09. The molecule has 1 rings (SSSR count). The molecule has 0 fully saturated rings. The largest absolute Gasteiger partial charge is 0.382 e. The van der Waals surface area contributed by atoms with E-state index < -0.39 is 0 Å². The van der Waals surface area contributed by atoms with Crippen molar-refractivity contribution in [3.05, 3.63) is 29.8 Å². The predicted molar refractivity (Wildman–Crippen MR) is 77.9 cm³/mol. The Morgan fingerprint density at radius 1 is 1.22 bits per heavy atom. The lowest BCUT2D eigenvalue weighted by atomic mass is 10.1. The highest BCUT2D eigenvalue weighted by Crippen LogP contribution is 2.18. The van der Waals surface area contributed by atoms with Crippen LogP contribution in [0, 0.1) is 0 Å². The predicted octanol–water partition coefficient (Wildman–Crippen LogP) is 2.79. The Kier molecular flexibility index (Phi) is 6.76. The maximum absolute atomic E-state index is 5.62. The molecule has 0 saturated carbocycles. The zero-order valence-electron chi connectivity index (χ0n) is 11.9. The lowest BCUT2D eigenvalue weighted by Gasteiger charge is -2.29. The molecule has 1 aromatic rings. The van der Waals surface area contributed by atoms with Crippen LogP contribution in [0.2, 0.25) is 0 Å². The molecule has 0 aliphatic rings. The smallest absolute Gasteiger partial charge is 0.0482 e. The first kappa shape index (κ1) is 15.0. The zero-order chi connectivity index (χ0) is 13.4. The number of nitrogens with zero attached hydrogens (tertiary/aromatic N) is 1. The molecule has 102 valence electrons. The van der Waals surface area contributed by atoms with Crippen molar-refractivity contribution in [3.63, 3.8) is 0 Å². The summed E-state index contributed by atoms with van der Waals surface area (Å²) >= 11 is 0. The average Bonchev–Trinajstić information content (AvgIpc) is 2.39. The van der Waals surface area contributed by atoms with Gasteiger partial charge in [0.25, 0.3) is 0 Å². The molecule has 0 spiro atoms. The standard InChI is InChI=1S/C15H26N2O/c1-4-18-11-5-10-17(13(2)3)15-8-6-14(12-16)7-9-15/h6-9,13H,4-5,10-12,16H2,1-3H3. The number of benzene rings is 1. The second-order valence-electron chi connectivity index (χ2n) is 4.71. The summed E-state index contributed by atoms with van der Waals surface area (Å²) in [6.45, 7) is 9.74. The summed E-state index contributed by atoms with van der Waals surface area (Å²) in [5.41, 5.74) is 8.06. The summed E-state index contributed by atoms with van der Waals surface area (Å²) in [6.07, 6.45) is 1.06. The van der Waals surface area contributed by atoms with Crippen LogP contribution in [0.15, 0.2) is 24.3 Å². The summed E-state index contributed by atoms with van der Waals surface area (Å²) in [7, 11) is 0. The summed E-state index contributed by atoms with van der Waals surface area (Å²) < 4.78 is 5.39. The van der Waals surface area contributed by atoms with Gasteiger partial charge in [0, 0.05) is 38.0 Å². The highest BCUT2D eigenvalue weighted by molar-refractivity contribution is 5.48. The third-order valence-corrected chi connectivity index (χ3v) is 3.02. The summed E-state index contributed by atoms with van der Waals surface area (Å²) in [5, 5.41) is 0. The van der Waals surface area contributed by atoms with Gasteiger partial charge in [-0.15, -0.1) is 0 Å². The van der Waals surface area contributed by atoms with Crippen LogP contribution in [0.5, 0.6) is 0 Å². The third kappa shape index (κ3) is 4.67. The van der Waals surface area contributed by atoms with Crippen molar-refractivity contribution >= 4 is 5.69 Å². The van der Waals surface area contributed by atoms with Gasteiger partial charge < -0.3 is 15.4 Å². The molecule has 0 atom stereocenters. The van der Waals surface area contributed by atoms with E-state index in [1.54, 1.807) is 0 Å². The Morgan fingerprint density at radius 2 is 1.89 bits per heavy atom. The number of anilines is 1. The Hall–Kier alpha value is -1.06. The zero-order valence-corrected chi connectivity index (χ0v) is 11.9. The maximum atomic E-state index is 5.62. The average molecular weight is 250 g/mol. The Morgan fingerprint density at radius 3 is 2.39 bits per heavy atom. The van der Waals surface area contributed by atoms with Crippen LogP contribution in [0.25, 0.3) is 0 Å². The molecule has 3 heteroatoms. The van der Waals surface area contributed by atoms with Crippen molar-refractivity contribution in [2.75, 3.05) is 24.7 Å². The fourth-order valence-electron chi connectivity index (χ4n) is 1.99. The fraction of sp³-hybridized carbons (Fsp3) is 0.600. The van der Waals surface area contributed by atoms with E-state index in [1.165, 1.54) is 11.3 Å². The monoisotopic (exact) mass is 250 g/mol. The van der Waals surface area contributed by atoms with E-state index in [9.17, 15) is 0 Å². The van der Waals surface area contributed by atoms with Crippen molar-refractivity contribution in [3.8, 4) is 0 Å². The van der Waals surface area contributed by atoms with E-state index in [0.29, 0.717) is 12.6 Å². The van der Waals surface area contributed by atoms with Gasteiger partial charge in [0.1, 0.15) is 0 Å². The number of hydrogen-bond donors (Lipinski definition) is 1. The van der Waals surface area contributed by atoms with E-state index in [2.05, 4.69) is 43.0 Å². The van der Waals surface area contributed by atoms with Gasteiger partial charge in [0.15, 0.2) is 0 Å². The van der Waals surface area contributed by atoms with Gasteiger partial charge in [0.2, 0.25) is 0 Å². The Balaban J connectivity index is 2.59. The molecule has 0 unspecified atom stereocenters. The SMILES string of the molecule is CCOCCCN(c1ccc(CN)cc1)C(C)C. The lowest BCUT2D eigenvalue weighted by Crippen LogP contribution is -2.32. The fourth-order valence-corrected chi connectivity index (χ4v) is 1.99. The second kappa shape index (κ2) is 8.11. The Bertz CT molecular complexity index is 322. The van der Waals surface area contributed by atoms with Crippen LogP contribution in [-0.2, 0) is 11.3 Å². The normalized spacial score (nSPS) is 10.9. The van der Waals surface area contributed by atoms with Gasteiger partial charge in [-0.25, -0.2) is 0 Å². The molecule has 18 heavy (non-hydrogen) atoms. The van der Waals surface area contributed by atoms with Crippen molar-refractivity contribution in [2.45, 2.75) is 39.8 Å². The number of hydrogen-bond acceptors (Lipinski definition) is 3. The first-order chi connectivity index (χ1) is 8.69. The van der Waals surface area contributed by atoms with Crippen LogP contribution in [0.3, 0.4) is 0 Å². The molecule has 0 radical (unpaired) electrons. The molecule has 0 amide bonds. The van der Waals surface area contributed by atoms with Crippen molar-refractivity contribution in [2.24, 2.45) is 5.73 Å². The first-order valence-corrected chi connectivity index (χ1v) is 6.82. The van der Waals surface area contributed by atoms with Crippen LogP contribution in [0.4, 0.5) is 5.69 Å². The van der Waals surface area contributed by atoms with E-state index in [1.807, 2.05) is 6.92 Å². The van der Waals surface area contributed by atoms with Gasteiger partial charge in [-0.3, -0.25) is 0 Å². The molecular weight excluding hydrogens is 224 g/mol. The summed E-state index contributed by atoms with van der Waals surface area (Å²) in [6, 6.07) is 9.02. The van der Waals surface area contributed by atoms with Gasteiger partial charge in [-0.2, -0.15) is 0 Å². The van der Waals surface area contributed by atoms with E-state index in [4.69, 9.17) is 10.5 Å². The van der Waals surface area contributed by atoms with Crippen molar-refractivity contribution in [1.82, 2.24) is 0 Å². The van der Waals surface area contributed by atoms with Crippen LogP contribution in [-0.4, -0.2) is 25.8 Å². The molecule has 0 aromatic heterocycles. The molecule has 3 nitrogen and oxygen atoms in total. The number of nitrogens with two attached hydrogens (primary N) is 1. The maximum Gasteiger partial charge on any atom is 0.0482 e. The lowest BCUT2D eigenvalue weighted by molar-refractivity contribution is 0.146. The molecule has 0 heterocycles. The van der Waals surface area contributed by atoms with Crippen molar-refractivity contribution in [1.29, 1.82) is 0 Å². The van der Waals surface area contributed by atoms with Crippen molar-refractivity contribution < 1.29 is 4.74 Å². The summed E-state index contributed by atoms with van der Waals surface area (Å²) in [4.78, 5) is 2.40. The molecule has 0 saturated heterocycles. The third-order valence-electron chi connectivity index (χ3n) is 3.02. The quantitative estimate of drug-likeness (QED) is 0.721. The summed E-state index contributed by atoms with van der Waals surface area (Å²) in [5.74, 6) is 0. The highest BCUT2D eigenvalue weighted by atomic mass is 16.5. The van der Waals surface area contributed by atoms with Crippen LogP contribution < -0.4 is 10.6 Å². The molecule has 0 bridgehead atoms. The second-order valence-corrected chi connectivity index (χ2v) is 4.71. The molecule has 0 aliphatic heterocycles. The van der Waals surface area contributed by atoms with Gasteiger partial charge >= 0.3 is 0 Å². The molecule has 2 N–H and O–H groups in total. The van der Waals surface area contributed by atoms with Crippen LogP contribution in [0.1, 0.15) is 32.8 Å². The topological polar surface area (TPSA) is 38.5 Å². The van der Waals surface area contributed by atoms with Gasteiger partial charge in [0.05, 0.1) is 0 Å². The van der Waals surface area contributed by atoms with Crippen LogP contribution >= 0.6 is 0 Å². The number of rotatable bonds is 8. The van der Waals surface area contributed by atoms with Gasteiger partial charge in [-0.1, -0.05) is 12.1 Å². The molecular formula is C15H26N2O. The molecule has 0 aliphatic carbocycles. The van der Waals surface area contributed by atoms with E-state index >= 15 is 0 Å². The van der Waals surface area contributed by atoms with Gasteiger partial charge in [-0.05, 0) is 44.9 Å². The minimum Gasteiger partial charge on any atom is -0.382 e. The van der Waals surface area contributed by atoms with E-state index in [-0.39, 0.29) is 0 Å². The number of ether oxygens (including phenoxy) is 1. The van der Waals surface area contributed by atoms with E-state index in [0.717, 1.165) is 26.2 Å². The minimum absolute atomic E-state index is 0.496. The minimum atomic E-state index is 0.496. The molecule has 1 aromatic carbocycles. The Labute approximate surface area is 111 Å². The first-order valence-electron chi connectivity index (χ1n) is 6.82.